The van der Waals surface area contributed by atoms with E-state index in [0.717, 1.165) is 5.56 Å². The van der Waals surface area contributed by atoms with Crippen molar-refractivity contribution in [3.05, 3.63) is 96.2 Å². The molecule has 38 heavy (non-hydrogen) atoms. The number of ether oxygens (including phenoxy) is 1. The van der Waals surface area contributed by atoms with E-state index in [2.05, 4.69) is 30.7 Å². The average Bonchev–Trinajstić information content (AvgIpc) is 2.88. The molecule has 0 saturated heterocycles. The minimum absolute atomic E-state index is 0.120. The largest absolute Gasteiger partial charge is 0.573 e. The molecule has 0 unspecified atom stereocenters. The van der Waals surface area contributed by atoms with Gasteiger partial charge in [0.1, 0.15) is 5.75 Å². The number of anilines is 3. The van der Waals surface area contributed by atoms with Crippen molar-refractivity contribution in [2.45, 2.75) is 19.8 Å². The zero-order valence-electron chi connectivity index (χ0n) is 20.0. The van der Waals surface area contributed by atoms with Crippen LogP contribution in [0.1, 0.15) is 22.8 Å². The fourth-order valence-electron chi connectivity index (χ4n) is 3.47. The lowest BCUT2D eigenvalue weighted by Gasteiger charge is -2.11. The summed E-state index contributed by atoms with van der Waals surface area (Å²) in [5.74, 6) is -0.527. The Morgan fingerprint density at radius 3 is 2.34 bits per heavy atom. The average molecular weight is 521 g/mol. The maximum atomic E-state index is 12.6. The van der Waals surface area contributed by atoms with Gasteiger partial charge in [-0.1, -0.05) is 30.3 Å². The lowest BCUT2D eigenvalue weighted by molar-refractivity contribution is -0.274. The Morgan fingerprint density at radius 1 is 0.921 bits per heavy atom. The van der Waals surface area contributed by atoms with Crippen LogP contribution in [0.4, 0.5) is 30.5 Å². The highest BCUT2D eigenvalue weighted by atomic mass is 19.4. The molecule has 11 heteroatoms. The number of aromatic nitrogens is 2. The minimum atomic E-state index is -4.76. The van der Waals surface area contributed by atoms with Gasteiger partial charge in [0.15, 0.2) is 0 Å². The van der Waals surface area contributed by atoms with Crippen LogP contribution in [0.25, 0.3) is 11.3 Å². The highest BCUT2D eigenvalue weighted by molar-refractivity contribution is 5.95. The second-order valence-corrected chi connectivity index (χ2v) is 8.10. The van der Waals surface area contributed by atoms with Crippen LogP contribution in [0.5, 0.6) is 5.75 Å². The molecule has 3 N–H and O–H groups in total. The molecule has 8 nitrogen and oxygen atoms in total. The fourth-order valence-corrected chi connectivity index (χ4v) is 3.47. The first-order valence-electron chi connectivity index (χ1n) is 11.4. The van der Waals surface area contributed by atoms with Crippen LogP contribution in [-0.2, 0) is 11.3 Å². The standard InChI is InChI=1S/C27H22F3N5O3/c1-17(36)33-21-9-7-19(8-10-21)24-13-14-31-26(35-24)34-22-4-2-3-20(15-22)25(37)32-16-18-5-11-23(12-6-18)38-27(28,29)30/h2-15H,16H2,1H3,(H,32,37)(H,33,36)(H,31,34,35). The number of carbonyl (C=O) groups is 2. The van der Waals surface area contributed by atoms with Gasteiger partial charge in [-0.05, 0) is 54.1 Å². The van der Waals surface area contributed by atoms with Crippen molar-refractivity contribution in [1.29, 1.82) is 0 Å². The Morgan fingerprint density at radius 2 is 1.66 bits per heavy atom. The maximum Gasteiger partial charge on any atom is 0.573 e. The van der Waals surface area contributed by atoms with E-state index in [0.29, 0.717) is 34.1 Å². The zero-order chi connectivity index (χ0) is 27.1. The van der Waals surface area contributed by atoms with Gasteiger partial charge in [-0.2, -0.15) is 0 Å². The highest BCUT2D eigenvalue weighted by Gasteiger charge is 2.30. The summed E-state index contributed by atoms with van der Waals surface area (Å²) in [6.45, 7) is 1.56. The molecule has 0 aliphatic rings. The number of alkyl halides is 3. The molecule has 0 fully saturated rings. The van der Waals surface area contributed by atoms with Gasteiger partial charge in [0.2, 0.25) is 11.9 Å². The van der Waals surface area contributed by atoms with E-state index in [1.807, 2.05) is 12.1 Å². The Hall–Kier alpha value is -4.93. The third kappa shape index (κ3) is 7.53. The van der Waals surface area contributed by atoms with Crippen LogP contribution < -0.4 is 20.7 Å². The molecule has 3 aromatic carbocycles. The molecule has 0 spiro atoms. The highest BCUT2D eigenvalue weighted by Crippen LogP contribution is 2.24. The number of rotatable bonds is 8. The van der Waals surface area contributed by atoms with Crippen molar-refractivity contribution in [2.75, 3.05) is 10.6 Å². The lowest BCUT2D eigenvalue weighted by atomic mass is 10.1. The molecule has 1 heterocycles. The molecular formula is C27H22F3N5O3. The summed E-state index contributed by atoms with van der Waals surface area (Å²) in [6.07, 6.45) is -3.16. The van der Waals surface area contributed by atoms with Crippen LogP contribution in [0.15, 0.2) is 85.1 Å². The van der Waals surface area contributed by atoms with Crippen molar-refractivity contribution < 1.29 is 27.5 Å². The van der Waals surface area contributed by atoms with Gasteiger partial charge in [0.05, 0.1) is 5.69 Å². The number of amides is 2. The molecule has 0 atom stereocenters. The van der Waals surface area contributed by atoms with Crippen molar-refractivity contribution in [1.82, 2.24) is 15.3 Å². The lowest BCUT2D eigenvalue weighted by Crippen LogP contribution is -2.22. The van der Waals surface area contributed by atoms with Gasteiger partial charge in [-0.25, -0.2) is 9.97 Å². The van der Waals surface area contributed by atoms with Crippen molar-refractivity contribution in [2.24, 2.45) is 0 Å². The number of hydrogen-bond acceptors (Lipinski definition) is 6. The number of nitrogens with zero attached hydrogens (tertiary/aromatic N) is 2. The molecule has 0 aliphatic carbocycles. The Labute approximate surface area is 215 Å². The second-order valence-electron chi connectivity index (χ2n) is 8.10. The third-order valence-corrected chi connectivity index (χ3v) is 5.15. The van der Waals surface area contributed by atoms with Crippen LogP contribution >= 0.6 is 0 Å². The molecule has 2 amide bonds. The predicted molar refractivity (Wildman–Crippen MR) is 136 cm³/mol. The van der Waals surface area contributed by atoms with E-state index >= 15 is 0 Å². The summed E-state index contributed by atoms with van der Waals surface area (Å²) < 4.78 is 40.7. The molecule has 4 rings (SSSR count). The van der Waals surface area contributed by atoms with Gasteiger partial charge in [0, 0.05) is 42.2 Å². The van der Waals surface area contributed by atoms with Crippen LogP contribution in [0.2, 0.25) is 0 Å². The van der Waals surface area contributed by atoms with Crippen molar-refractivity contribution >= 4 is 29.1 Å². The maximum absolute atomic E-state index is 12.6. The molecule has 0 aliphatic heterocycles. The Kier molecular flexibility index (Phi) is 7.86. The van der Waals surface area contributed by atoms with Crippen LogP contribution in [-0.4, -0.2) is 28.1 Å². The van der Waals surface area contributed by atoms with E-state index in [-0.39, 0.29) is 24.1 Å². The Balaban J connectivity index is 1.38. The van der Waals surface area contributed by atoms with Gasteiger partial charge >= 0.3 is 6.36 Å². The van der Waals surface area contributed by atoms with Gasteiger partial charge in [-0.3, -0.25) is 9.59 Å². The summed E-state index contributed by atoms with van der Waals surface area (Å²) in [5.41, 5.74) is 3.74. The first-order chi connectivity index (χ1) is 18.1. The number of carbonyl (C=O) groups excluding carboxylic acids is 2. The monoisotopic (exact) mass is 521 g/mol. The molecule has 4 aromatic rings. The smallest absolute Gasteiger partial charge is 0.406 e. The third-order valence-electron chi connectivity index (χ3n) is 5.15. The number of benzene rings is 3. The van der Waals surface area contributed by atoms with Crippen molar-refractivity contribution in [3.63, 3.8) is 0 Å². The van der Waals surface area contributed by atoms with Crippen LogP contribution in [0.3, 0.4) is 0 Å². The predicted octanol–water partition coefficient (Wildman–Crippen LogP) is 5.67. The number of halogens is 3. The minimum Gasteiger partial charge on any atom is -0.406 e. The molecule has 194 valence electrons. The normalized spacial score (nSPS) is 10.9. The van der Waals surface area contributed by atoms with Crippen molar-refractivity contribution in [3.8, 4) is 17.0 Å². The van der Waals surface area contributed by atoms with E-state index in [1.165, 1.54) is 31.2 Å². The fraction of sp³-hybridized carbons (Fsp3) is 0.111. The van der Waals surface area contributed by atoms with Gasteiger partial charge < -0.3 is 20.7 Å². The topological polar surface area (TPSA) is 105 Å². The number of nitrogens with one attached hydrogen (secondary N) is 3. The first-order valence-corrected chi connectivity index (χ1v) is 11.4. The summed E-state index contributed by atoms with van der Waals surface area (Å²) in [5, 5.41) is 8.52. The van der Waals surface area contributed by atoms with Crippen LogP contribution in [0, 0.1) is 0 Å². The summed E-state index contributed by atoms with van der Waals surface area (Å²) in [6, 6.07) is 21.0. The molecule has 0 saturated carbocycles. The van der Waals surface area contributed by atoms with E-state index in [9.17, 15) is 22.8 Å². The van der Waals surface area contributed by atoms with E-state index in [4.69, 9.17) is 0 Å². The Bertz CT molecular complexity index is 1430. The molecular weight excluding hydrogens is 499 g/mol. The first kappa shape index (κ1) is 26.1. The molecule has 0 radical (unpaired) electrons. The zero-order valence-corrected chi connectivity index (χ0v) is 20.0. The summed E-state index contributed by atoms with van der Waals surface area (Å²) in [4.78, 5) is 32.6. The van der Waals surface area contributed by atoms with Gasteiger partial charge in [0.25, 0.3) is 5.91 Å². The SMILES string of the molecule is CC(=O)Nc1ccc(-c2ccnc(Nc3cccc(C(=O)NCc4ccc(OC(F)(F)F)cc4)c3)n2)cc1. The van der Waals surface area contributed by atoms with E-state index < -0.39 is 6.36 Å². The molecule has 0 bridgehead atoms. The quantitative estimate of drug-likeness (QED) is 0.276. The summed E-state index contributed by atoms with van der Waals surface area (Å²) in [7, 11) is 0. The number of hydrogen-bond donors (Lipinski definition) is 3. The molecule has 1 aromatic heterocycles. The van der Waals surface area contributed by atoms with E-state index in [1.54, 1.807) is 48.7 Å². The summed E-state index contributed by atoms with van der Waals surface area (Å²) >= 11 is 0. The second kappa shape index (κ2) is 11.4. The van der Waals surface area contributed by atoms with Gasteiger partial charge in [-0.15, -0.1) is 13.2 Å².